The first-order valence-corrected chi connectivity index (χ1v) is 4.71. The fourth-order valence-electron chi connectivity index (χ4n) is 1.56. The number of rotatable bonds is 1. The molecule has 5 nitrogen and oxygen atoms in total. The van der Waals surface area contributed by atoms with Crippen molar-refractivity contribution in [3.8, 4) is 5.75 Å². The van der Waals surface area contributed by atoms with Gasteiger partial charge in [0.1, 0.15) is 11.3 Å². The summed E-state index contributed by atoms with van der Waals surface area (Å²) in [6, 6.07) is 6.74. The first kappa shape index (κ1) is 10.2. The maximum atomic E-state index is 11.6. The molecule has 0 fully saturated rings. The Kier molecular flexibility index (Phi) is 2.36. The van der Waals surface area contributed by atoms with Crippen molar-refractivity contribution in [2.45, 2.75) is 0 Å². The number of para-hydroxylation sites is 1. The Hall–Kier alpha value is -2.30. The average Bonchev–Trinajstić information content (AvgIpc) is 2.28. The van der Waals surface area contributed by atoms with Crippen LogP contribution in [0.5, 0.6) is 5.75 Å². The molecule has 0 saturated heterocycles. The first-order valence-electron chi connectivity index (χ1n) is 4.71. The molecule has 16 heavy (non-hydrogen) atoms. The largest absolute Gasteiger partial charge is 0.506 e. The van der Waals surface area contributed by atoms with Crippen LogP contribution in [0.15, 0.2) is 29.1 Å². The molecular weight excluding hydrogens is 208 g/mol. The van der Waals surface area contributed by atoms with E-state index in [-0.39, 0.29) is 11.3 Å². The SMILES string of the molecule is CNC(=O)c1c(O)c2ccccc2[nH]c1=O. The van der Waals surface area contributed by atoms with Gasteiger partial charge in [-0.15, -0.1) is 0 Å². The van der Waals surface area contributed by atoms with E-state index in [0.29, 0.717) is 10.9 Å². The lowest BCUT2D eigenvalue weighted by molar-refractivity contribution is 0.0959. The van der Waals surface area contributed by atoms with Crippen LogP contribution in [0.25, 0.3) is 10.9 Å². The number of hydrogen-bond acceptors (Lipinski definition) is 3. The van der Waals surface area contributed by atoms with E-state index >= 15 is 0 Å². The monoisotopic (exact) mass is 218 g/mol. The molecule has 0 aliphatic heterocycles. The molecule has 5 heteroatoms. The highest BCUT2D eigenvalue weighted by Crippen LogP contribution is 2.23. The number of aromatic nitrogens is 1. The van der Waals surface area contributed by atoms with E-state index < -0.39 is 11.5 Å². The summed E-state index contributed by atoms with van der Waals surface area (Å²) in [5, 5.41) is 12.6. The second kappa shape index (κ2) is 3.69. The van der Waals surface area contributed by atoms with Crippen LogP contribution >= 0.6 is 0 Å². The number of carbonyl (C=O) groups is 1. The Balaban J connectivity index is 2.86. The van der Waals surface area contributed by atoms with E-state index in [9.17, 15) is 14.7 Å². The molecule has 0 bridgehead atoms. The summed E-state index contributed by atoms with van der Waals surface area (Å²) in [4.78, 5) is 25.5. The fourth-order valence-corrected chi connectivity index (χ4v) is 1.56. The number of benzene rings is 1. The molecule has 82 valence electrons. The zero-order valence-corrected chi connectivity index (χ0v) is 8.57. The fraction of sp³-hybridized carbons (Fsp3) is 0.0909. The van der Waals surface area contributed by atoms with Crippen molar-refractivity contribution in [3.05, 3.63) is 40.2 Å². The van der Waals surface area contributed by atoms with E-state index in [4.69, 9.17) is 0 Å². The van der Waals surface area contributed by atoms with Gasteiger partial charge in [0.25, 0.3) is 11.5 Å². The van der Waals surface area contributed by atoms with Crippen LogP contribution < -0.4 is 10.9 Å². The third kappa shape index (κ3) is 1.42. The minimum atomic E-state index is -0.607. The lowest BCUT2D eigenvalue weighted by Gasteiger charge is -2.05. The van der Waals surface area contributed by atoms with Gasteiger partial charge >= 0.3 is 0 Å². The zero-order chi connectivity index (χ0) is 11.7. The Bertz CT molecular complexity index is 616. The van der Waals surface area contributed by atoms with Crippen LogP contribution in [0, 0.1) is 0 Å². The number of fused-ring (bicyclic) bond motifs is 1. The van der Waals surface area contributed by atoms with Crippen molar-refractivity contribution in [1.82, 2.24) is 10.3 Å². The molecule has 1 aromatic carbocycles. The molecule has 3 N–H and O–H groups in total. The van der Waals surface area contributed by atoms with E-state index in [0.717, 1.165) is 0 Å². The topological polar surface area (TPSA) is 82.2 Å². The van der Waals surface area contributed by atoms with Gasteiger partial charge in [-0.05, 0) is 12.1 Å². The van der Waals surface area contributed by atoms with Gasteiger partial charge in [0.2, 0.25) is 0 Å². The summed E-state index contributed by atoms with van der Waals surface area (Å²) in [5.41, 5.74) is -0.366. The van der Waals surface area contributed by atoms with E-state index in [1.165, 1.54) is 7.05 Å². The lowest BCUT2D eigenvalue weighted by Crippen LogP contribution is -2.26. The molecule has 1 aromatic heterocycles. The highest BCUT2D eigenvalue weighted by Gasteiger charge is 2.17. The lowest BCUT2D eigenvalue weighted by atomic mass is 10.1. The molecule has 0 aliphatic rings. The third-order valence-electron chi connectivity index (χ3n) is 2.35. The molecule has 0 spiro atoms. The van der Waals surface area contributed by atoms with Gasteiger partial charge in [-0.3, -0.25) is 9.59 Å². The molecule has 0 aliphatic carbocycles. The molecule has 0 radical (unpaired) electrons. The number of amides is 1. The van der Waals surface area contributed by atoms with E-state index in [1.807, 2.05) is 0 Å². The second-order valence-electron chi connectivity index (χ2n) is 3.30. The summed E-state index contributed by atoms with van der Waals surface area (Å²) >= 11 is 0. The van der Waals surface area contributed by atoms with E-state index in [1.54, 1.807) is 24.3 Å². The first-order chi connectivity index (χ1) is 7.65. The van der Waals surface area contributed by atoms with Crippen LogP contribution in [0.2, 0.25) is 0 Å². The smallest absolute Gasteiger partial charge is 0.265 e. The summed E-state index contributed by atoms with van der Waals surface area (Å²) in [6.45, 7) is 0. The molecule has 0 saturated carbocycles. The van der Waals surface area contributed by atoms with Crippen molar-refractivity contribution in [2.24, 2.45) is 0 Å². The standard InChI is InChI=1S/C11H10N2O3/c1-12-10(15)8-9(14)6-4-2-3-5-7(6)13-11(8)16/h2-5H,1H3,(H,12,15)(H2,13,14,16). The number of pyridine rings is 1. The van der Waals surface area contributed by atoms with Crippen LogP contribution in [-0.4, -0.2) is 23.0 Å². The minimum Gasteiger partial charge on any atom is -0.506 e. The molecule has 0 unspecified atom stereocenters. The summed E-state index contributed by atoms with van der Waals surface area (Å²) in [7, 11) is 1.40. The van der Waals surface area contributed by atoms with Crippen molar-refractivity contribution >= 4 is 16.8 Å². The third-order valence-corrected chi connectivity index (χ3v) is 2.35. The van der Waals surface area contributed by atoms with Gasteiger partial charge < -0.3 is 15.4 Å². The van der Waals surface area contributed by atoms with E-state index in [2.05, 4.69) is 10.3 Å². The number of H-pyrrole nitrogens is 1. The number of hydrogen-bond donors (Lipinski definition) is 3. The van der Waals surface area contributed by atoms with Gasteiger partial charge in [0.05, 0.1) is 5.52 Å². The maximum absolute atomic E-state index is 11.6. The van der Waals surface area contributed by atoms with Gasteiger partial charge in [-0.2, -0.15) is 0 Å². The number of aromatic amines is 1. The van der Waals surface area contributed by atoms with Gasteiger partial charge in [0.15, 0.2) is 0 Å². The number of carbonyl (C=O) groups excluding carboxylic acids is 1. The maximum Gasteiger partial charge on any atom is 0.265 e. The van der Waals surface area contributed by atoms with Crippen LogP contribution in [0.4, 0.5) is 0 Å². The molecule has 0 atom stereocenters. The summed E-state index contributed by atoms with van der Waals surface area (Å²) < 4.78 is 0. The Labute approximate surface area is 90.7 Å². The number of nitrogens with one attached hydrogen (secondary N) is 2. The van der Waals surface area contributed by atoms with Crippen LogP contribution in [0.3, 0.4) is 0 Å². The summed E-state index contributed by atoms with van der Waals surface area (Å²) in [6.07, 6.45) is 0. The van der Waals surface area contributed by atoms with Crippen molar-refractivity contribution in [2.75, 3.05) is 7.05 Å². The highest BCUT2D eigenvalue weighted by molar-refractivity contribution is 6.01. The molecule has 2 aromatic rings. The summed E-state index contributed by atoms with van der Waals surface area (Å²) in [5.74, 6) is -0.900. The Morgan fingerprint density at radius 3 is 2.75 bits per heavy atom. The van der Waals surface area contributed by atoms with Crippen molar-refractivity contribution < 1.29 is 9.90 Å². The van der Waals surface area contributed by atoms with Crippen molar-refractivity contribution in [1.29, 1.82) is 0 Å². The number of aromatic hydroxyl groups is 1. The molecule has 1 heterocycles. The Morgan fingerprint density at radius 2 is 2.06 bits per heavy atom. The molecule has 2 rings (SSSR count). The van der Waals surface area contributed by atoms with Gasteiger partial charge in [-0.1, -0.05) is 12.1 Å². The molecule has 1 amide bonds. The van der Waals surface area contributed by atoms with Crippen LogP contribution in [0.1, 0.15) is 10.4 Å². The normalized spacial score (nSPS) is 10.3. The van der Waals surface area contributed by atoms with Crippen molar-refractivity contribution in [3.63, 3.8) is 0 Å². The van der Waals surface area contributed by atoms with Crippen LogP contribution in [-0.2, 0) is 0 Å². The predicted molar refractivity (Wildman–Crippen MR) is 59.6 cm³/mol. The quantitative estimate of drug-likeness (QED) is 0.655. The van der Waals surface area contributed by atoms with Gasteiger partial charge in [0, 0.05) is 12.4 Å². The average molecular weight is 218 g/mol. The predicted octanol–water partition coefficient (Wildman–Crippen LogP) is 0.593. The highest BCUT2D eigenvalue weighted by atomic mass is 16.3. The minimum absolute atomic E-state index is 0.263. The zero-order valence-electron chi connectivity index (χ0n) is 8.57. The Morgan fingerprint density at radius 1 is 1.38 bits per heavy atom. The molecular formula is C11H10N2O3. The van der Waals surface area contributed by atoms with Gasteiger partial charge in [-0.25, -0.2) is 0 Å². The second-order valence-corrected chi connectivity index (χ2v) is 3.30.